The zero-order chi connectivity index (χ0) is 21.7. The van der Waals surface area contributed by atoms with Crippen molar-refractivity contribution in [1.82, 2.24) is 10.2 Å². The molecule has 0 aliphatic carbocycles. The van der Waals surface area contributed by atoms with Gasteiger partial charge in [-0.3, -0.25) is 9.59 Å². The lowest BCUT2D eigenvalue weighted by atomic mass is 9.86. The summed E-state index contributed by atoms with van der Waals surface area (Å²) < 4.78 is 11.5. The number of nitrogens with zero attached hydrogens (tertiary/aromatic N) is 1. The SMILES string of the molecule is Cc1ccc(OCC2CCCN(C(=O)CCC3(Cc4ccco4)CCC(=O)N3)C2)cc1. The van der Waals surface area contributed by atoms with E-state index >= 15 is 0 Å². The summed E-state index contributed by atoms with van der Waals surface area (Å²) in [5.74, 6) is 2.30. The molecule has 1 N–H and O–H groups in total. The Morgan fingerprint density at radius 2 is 2.13 bits per heavy atom. The number of rotatable bonds is 8. The van der Waals surface area contributed by atoms with Gasteiger partial charge in [-0.15, -0.1) is 0 Å². The number of likely N-dealkylation sites (tertiary alicyclic amines) is 1. The standard InChI is InChI=1S/C25H32N2O4/c1-19-6-8-21(9-7-19)31-18-20-4-2-14-27(17-20)24(29)11-13-25(12-10-23(28)26-25)16-22-5-3-15-30-22/h3,5-9,15,20H,2,4,10-14,16-18H2,1H3,(H,26,28). The normalized spacial score (nSPS) is 23.6. The molecule has 2 aliphatic heterocycles. The van der Waals surface area contributed by atoms with Gasteiger partial charge >= 0.3 is 0 Å². The number of amides is 2. The van der Waals surface area contributed by atoms with E-state index in [1.807, 2.05) is 41.3 Å². The van der Waals surface area contributed by atoms with Crippen molar-refractivity contribution in [3.63, 3.8) is 0 Å². The fourth-order valence-electron chi connectivity index (χ4n) is 4.71. The van der Waals surface area contributed by atoms with E-state index in [1.165, 1.54) is 5.56 Å². The molecule has 0 spiro atoms. The third-order valence-corrected chi connectivity index (χ3v) is 6.52. The molecular formula is C25H32N2O4. The van der Waals surface area contributed by atoms with Crippen molar-refractivity contribution in [2.45, 2.75) is 57.4 Å². The van der Waals surface area contributed by atoms with E-state index < -0.39 is 0 Å². The van der Waals surface area contributed by atoms with E-state index in [4.69, 9.17) is 9.15 Å². The highest BCUT2D eigenvalue weighted by Crippen LogP contribution is 2.30. The summed E-state index contributed by atoms with van der Waals surface area (Å²) in [6, 6.07) is 11.9. The fraction of sp³-hybridized carbons (Fsp3) is 0.520. The van der Waals surface area contributed by atoms with Gasteiger partial charge in [-0.25, -0.2) is 0 Å². The molecule has 1 aromatic heterocycles. The summed E-state index contributed by atoms with van der Waals surface area (Å²) in [7, 11) is 0. The van der Waals surface area contributed by atoms with Crippen LogP contribution in [0.15, 0.2) is 47.1 Å². The van der Waals surface area contributed by atoms with Crippen molar-refractivity contribution in [2.75, 3.05) is 19.7 Å². The van der Waals surface area contributed by atoms with Crippen LogP contribution in [-0.4, -0.2) is 41.9 Å². The van der Waals surface area contributed by atoms with Crippen LogP contribution in [0.25, 0.3) is 0 Å². The van der Waals surface area contributed by atoms with Crippen molar-refractivity contribution < 1.29 is 18.7 Å². The molecule has 166 valence electrons. The van der Waals surface area contributed by atoms with E-state index in [9.17, 15) is 9.59 Å². The lowest BCUT2D eigenvalue weighted by Crippen LogP contribution is -2.46. The highest BCUT2D eigenvalue weighted by Gasteiger charge is 2.39. The van der Waals surface area contributed by atoms with Gasteiger partial charge in [0.1, 0.15) is 11.5 Å². The van der Waals surface area contributed by atoms with E-state index in [0.29, 0.717) is 38.2 Å². The summed E-state index contributed by atoms with van der Waals surface area (Å²) in [4.78, 5) is 26.9. The molecule has 0 bridgehead atoms. The van der Waals surface area contributed by atoms with Gasteiger partial charge in [0.2, 0.25) is 11.8 Å². The number of nitrogens with one attached hydrogen (secondary N) is 1. The Morgan fingerprint density at radius 3 is 2.84 bits per heavy atom. The van der Waals surface area contributed by atoms with Crippen molar-refractivity contribution >= 4 is 11.8 Å². The Bertz CT molecular complexity index is 877. The average Bonchev–Trinajstić information content (AvgIpc) is 3.42. The van der Waals surface area contributed by atoms with Gasteiger partial charge in [0.15, 0.2) is 0 Å². The van der Waals surface area contributed by atoms with Crippen molar-refractivity contribution in [2.24, 2.45) is 5.92 Å². The Hall–Kier alpha value is -2.76. The zero-order valence-electron chi connectivity index (χ0n) is 18.3. The topological polar surface area (TPSA) is 71.8 Å². The maximum Gasteiger partial charge on any atom is 0.222 e. The lowest BCUT2D eigenvalue weighted by Gasteiger charge is -2.34. The van der Waals surface area contributed by atoms with Gasteiger partial charge in [-0.1, -0.05) is 17.7 Å². The van der Waals surface area contributed by atoms with Crippen LogP contribution in [0.1, 0.15) is 49.8 Å². The predicted molar refractivity (Wildman–Crippen MR) is 118 cm³/mol. The lowest BCUT2D eigenvalue weighted by molar-refractivity contribution is -0.134. The number of furan rings is 1. The first-order chi connectivity index (χ1) is 15.0. The van der Waals surface area contributed by atoms with E-state index in [0.717, 1.165) is 43.9 Å². The molecular weight excluding hydrogens is 392 g/mol. The monoisotopic (exact) mass is 424 g/mol. The molecule has 2 fully saturated rings. The third-order valence-electron chi connectivity index (χ3n) is 6.52. The molecule has 2 aliphatic rings. The first-order valence-electron chi connectivity index (χ1n) is 11.3. The molecule has 6 heteroatoms. The van der Waals surface area contributed by atoms with Crippen LogP contribution in [0.2, 0.25) is 0 Å². The van der Waals surface area contributed by atoms with Crippen LogP contribution in [0, 0.1) is 12.8 Å². The second-order valence-electron chi connectivity index (χ2n) is 9.06. The number of benzene rings is 1. The Balaban J connectivity index is 1.29. The van der Waals surface area contributed by atoms with Crippen molar-refractivity contribution in [3.05, 3.63) is 54.0 Å². The highest BCUT2D eigenvalue weighted by atomic mass is 16.5. The summed E-state index contributed by atoms with van der Waals surface area (Å²) in [6.07, 6.45) is 6.69. The summed E-state index contributed by atoms with van der Waals surface area (Å²) in [6.45, 7) is 4.23. The fourth-order valence-corrected chi connectivity index (χ4v) is 4.71. The zero-order valence-corrected chi connectivity index (χ0v) is 18.3. The highest BCUT2D eigenvalue weighted by molar-refractivity contribution is 5.80. The van der Waals surface area contributed by atoms with Gasteiger partial charge in [0.25, 0.3) is 0 Å². The van der Waals surface area contributed by atoms with Crippen molar-refractivity contribution in [3.8, 4) is 5.75 Å². The van der Waals surface area contributed by atoms with E-state index in [-0.39, 0.29) is 17.4 Å². The minimum atomic E-state index is -0.381. The first kappa shape index (κ1) is 21.5. The Labute approximate surface area is 183 Å². The number of carbonyl (C=O) groups excluding carboxylic acids is 2. The van der Waals surface area contributed by atoms with Gasteiger partial charge < -0.3 is 19.4 Å². The van der Waals surface area contributed by atoms with Crippen molar-refractivity contribution in [1.29, 1.82) is 0 Å². The van der Waals surface area contributed by atoms with Crippen LogP contribution in [0.4, 0.5) is 0 Å². The third kappa shape index (κ3) is 5.69. The van der Waals surface area contributed by atoms with Crippen LogP contribution in [0.3, 0.4) is 0 Å². The summed E-state index contributed by atoms with van der Waals surface area (Å²) in [5, 5.41) is 3.13. The smallest absolute Gasteiger partial charge is 0.222 e. The maximum atomic E-state index is 13.0. The average molecular weight is 425 g/mol. The Kier molecular flexibility index (Phi) is 6.64. The molecule has 2 unspecified atom stereocenters. The molecule has 3 heterocycles. The molecule has 0 saturated carbocycles. The molecule has 2 amide bonds. The molecule has 31 heavy (non-hydrogen) atoms. The molecule has 2 saturated heterocycles. The maximum absolute atomic E-state index is 13.0. The Morgan fingerprint density at radius 1 is 1.29 bits per heavy atom. The van der Waals surface area contributed by atoms with Gasteiger partial charge in [0, 0.05) is 43.8 Å². The van der Waals surface area contributed by atoms with Gasteiger partial charge in [-0.2, -0.15) is 0 Å². The second-order valence-corrected chi connectivity index (χ2v) is 9.06. The van der Waals surface area contributed by atoms with E-state index in [2.05, 4.69) is 12.2 Å². The molecule has 2 aromatic rings. The quantitative estimate of drug-likeness (QED) is 0.698. The van der Waals surface area contributed by atoms with Gasteiger partial charge in [0.05, 0.1) is 12.9 Å². The molecule has 2 atom stereocenters. The van der Waals surface area contributed by atoms with Gasteiger partial charge in [-0.05, 0) is 56.9 Å². The molecule has 0 radical (unpaired) electrons. The number of carbonyl (C=O) groups is 2. The number of ether oxygens (including phenoxy) is 1. The second kappa shape index (κ2) is 9.58. The van der Waals surface area contributed by atoms with Crippen LogP contribution < -0.4 is 10.1 Å². The van der Waals surface area contributed by atoms with Crippen LogP contribution >= 0.6 is 0 Å². The van der Waals surface area contributed by atoms with Crippen LogP contribution in [0.5, 0.6) is 5.75 Å². The minimum absolute atomic E-state index is 0.0605. The first-order valence-corrected chi connectivity index (χ1v) is 11.3. The minimum Gasteiger partial charge on any atom is -0.493 e. The number of hydrogen-bond donors (Lipinski definition) is 1. The van der Waals surface area contributed by atoms with Crippen LogP contribution in [-0.2, 0) is 16.0 Å². The van der Waals surface area contributed by atoms with E-state index in [1.54, 1.807) is 6.26 Å². The summed E-state index contributed by atoms with van der Waals surface area (Å²) >= 11 is 0. The number of hydrogen-bond acceptors (Lipinski definition) is 4. The summed E-state index contributed by atoms with van der Waals surface area (Å²) in [5.41, 5.74) is 0.832. The molecule has 6 nitrogen and oxygen atoms in total. The predicted octanol–water partition coefficient (Wildman–Crippen LogP) is 3.88. The molecule has 1 aromatic carbocycles. The largest absolute Gasteiger partial charge is 0.493 e. The molecule has 4 rings (SSSR count). The number of aryl methyl sites for hydroxylation is 1. The number of piperidine rings is 1.